The number of hydrogen-bond acceptors (Lipinski definition) is 2. The van der Waals surface area contributed by atoms with Crippen molar-refractivity contribution in [2.45, 2.75) is 0 Å². The summed E-state index contributed by atoms with van der Waals surface area (Å²) in [7, 11) is 0. The molecule has 2 heterocycles. The first-order valence-electron chi connectivity index (χ1n) is 6.86. The SMILES string of the molecule is c1ccc(-c2ccc3ccc(-c4ccn[nH]4)cc3n2)cc1. The number of benzene rings is 2. The number of pyridine rings is 1. The van der Waals surface area contributed by atoms with Crippen LogP contribution in [0.15, 0.2) is 72.9 Å². The zero-order valence-corrected chi connectivity index (χ0v) is 11.3. The van der Waals surface area contributed by atoms with Crippen molar-refractivity contribution in [1.82, 2.24) is 15.2 Å². The minimum absolute atomic E-state index is 0.989. The zero-order chi connectivity index (χ0) is 14.1. The second-order valence-electron chi connectivity index (χ2n) is 4.94. The van der Waals surface area contributed by atoms with Crippen molar-refractivity contribution in [3.05, 3.63) is 72.9 Å². The van der Waals surface area contributed by atoms with E-state index in [0.717, 1.165) is 33.4 Å². The predicted octanol–water partition coefficient (Wildman–Crippen LogP) is 4.29. The molecule has 0 aliphatic carbocycles. The van der Waals surface area contributed by atoms with E-state index < -0.39 is 0 Å². The van der Waals surface area contributed by atoms with E-state index in [1.54, 1.807) is 6.20 Å². The lowest BCUT2D eigenvalue weighted by Gasteiger charge is -2.05. The normalized spacial score (nSPS) is 10.9. The first kappa shape index (κ1) is 11.9. The molecule has 4 rings (SSSR count). The van der Waals surface area contributed by atoms with Crippen LogP contribution in [0.5, 0.6) is 0 Å². The molecule has 1 N–H and O–H groups in total. The maximum absolute atomic E-state index is 4.78. The Morgan fingerprint density at radius 3 is 2.43 bits per heavy atom. The van der Waals surface area contributed by atoms with E-state index in [0.29, 0.717) is 0 Å². The Labute approximate surface area is 122 Å². The Morgan fingerprint density at radius 1 is 0.762 bits per heavy atom. The number of aromatic amines is 1. The van der Waals surface area contributed by atoms with Crippen molar-refractivity contribution in [3.63, 3.8) is 0 Å². The summed E-state index contributed by atoms with van der Waals surface area (Å²) in [6.07, 6.45) is 1.76. The summed E-state index contributed by atoms with van der Waals surface area (Å²) in [6, 6.07) is 22.6. The third kappa shape index (κ3) is 2.19. The van der Waals surface area contributed by atoms with Crippen LogP contribution < -0.4 is 0 Å². The third-order valence-corrected chi connectivity index (χ3v) is 3.57. The van der Waals surface area contributed by atoms with Gasteiger partial charge in [0.15, 0.2) is 0 Å². The molecule has 0 bridgehead atoms. The molecule has 3 nitrogen and oxygen atoms in total. The summed E-state index contributed by atoms with van der Waals surface area (Å²) in [5, 5.41) is 8.12. The van der Waals surface area contributed by atoms with Gasteiger partial charge in [0.1, 0.15) is 0 Å². The summed E-state index contributed by atoms with van der Waals surface area (Å²) in [5.74, 6) is 0. The van der Waals surface area contributed by atoms with Gasteiger partial charge in [-0.05, 0) is 18.2 Å². The second-order valence-corrected chi connectivity index (χ2v) is 4.94. The van der Waals surface area contributed by atoms with Crippen LogP contribution in [0, 0.1) is 0 Å². The van der Waals surface area contributed by atoms with Crippen LogP contribution in [0.2, 0.25) is 0 Å². The fraction of sp³-hybridized carbons (Fsp3) is 0. The Bertz CT molecular complexity index is 881. The molecule has 2 aromatic heterocycles. The molecule has 0 spiro atoms. The quantitative estimate of drug-likeness (QED) is 0.591. The molecule has 0 saturated heterocycles. The van der Waals surface area contributed by atoms with Gasteiger partial charge in [0.25, 0.3) is 0 Å². The Hall–Kier alpha value is -2.94. The van der Waals surface area contributed by atoms with Crippen molar-refractivity contribution in [2.24, 2.45) is 0 Å². The molecule has 3 heteroatoms. The molecule has 0 radical (unpaired) electrons. The van der Waals surface area contributed by atoms with Gasteiger partial charge in [-0.3, -0.25) is 5.10 Å². The molecule has 0 aliphatic heterocycles. The number of rotatable bonds is 2. The van der Waals surface area contributed by atoms with E-state index in [4.69, 9.17) is 4.98 Å². The maximum Gasteiger partial charge on any atom is 0.0716 e. The molecule has 0 unspecified atom stereocenters. The molecule has 4 aromatic rings. The van der Waals surface area contributed by atoms with E-state index in [1.165, 1.54) is 0 Å². The number of H-pyrrole nitrogens is 1. The summed E-state index contributed by atoms with van der Waals surface area (Å²) >= 11 is 0. The van der Waals surface area contributed by atoms with Crippen LogP contribution in [0.1, 0.15) is 0 Å². The minimum atomic E-state index is 0.989. The summed E-state index contributed by atoms with van der Waals surface area (Å²) < 4.78 is 0. The van der Waals surface area contributed by atoms with E-state index in [9.17, 15) is 0 Å². The van der Waals surface area contributed by atoms with Gasteiger partial charge in [-0.1, -0.05) is 48.5 Å². The lowest BCUT2D eigenvalue weighted by molar-refractivity contribution is 1.10. The number of fused-ring (bicyclic) bond motifs is 1. The number of aromatic nitrogens is 3. The Kier molecular flexibility index (Phi) is 2.75. The summed E-state index contributed by atoms with van der Waals surface area (Å²) in [6.45, 7) is 0. The van der Waals surface area contributed by atoms with Gasteiger partial charge in [0, 0.05) is 22.7 Å². The molecule has 0 atom stereocenters. The van der Waals surface area contributed by atoms with Crippen LogP contribution in [-0.2, 0) is 0 Å². The molecule has 0 fully saturated rings. The number of hydrogen-bond donors (Lipinski definition) is 1. The van der Waals surface area contributed by atoms with Gasteiger partial charge in [-0.2, -0.15) is 5.10 Å². The van der Waals surface area contributed by atoms with E-state index in [2.05, 4.69) is 52.7 Å². The molecule has 0 aliphatic rings. The fourth-order valence-electron chi connectivity index (χ4n) is 2.47. The molecule has 100 valence electrons. The Morgan fingerprint density at radius 2 is 1.62 bits per heavy atom. The molecular weight excluding hydrogens is 258 g/mol. The van der Waals surface area contributed by atoms with Crippen molar-refractivity contribution < 1.29 is 0 Å². The highest BCUT2D eigenvalue weighted by atomic mass is 15.1. The van der Waals surface area contributed by atoms with E-state index in [1.807, 2.05) is 24.3 Å². The van der Waals surface area contributed by atoms with Crippen molar-refractivity contribution in [2.75, 3.05) is 0 Å². The van der Waals surface area contributed by atoms with Gasteiger partial charge < -0.3 is 0 Å². The average Bonchev–Trinajstić information content (AvgIpc) is 3.09. The van der Waals surface area contributed by atoms with Crippen molar-refractivity contribution in [3.8, 4) is 22.5 Å². The first-order chi connectivity index (χ1) is 10.4. The summed E-state index contributed by atoms with van der Waals surface area (Å²) in [4.78, 5) is 4.78. The average molecular weight is 271 g/mol. The lowest BCUT2D eigenvalue weighted by atomic mass is 10.1. The minimum Gasteiger partial charge on any atom is -0.278 e. The van der Waals surface area contributed by atoms with Gasteiger partial charge in [-0.15, -0.1) is 0 Å². The lowest BCUT2D eigenvalue weighted by Crippen LogP contribution is -1.86. The Balaban J connectivity index is 1.86. The predicted molar refractivity (Wildman–Crippen MR) is 84.8 cm³/mol. The van der Waals surface area contributed by atoms with Gasteiger partial charge in [-0.25, -0.2) is 4.98 Å². The number of nitrogens with zero attached hydrogens (tertiary/aromatic N) is 2. The van der Waals surface area contributed by atoms with Gasteiger partial charge >= 0.3 is 0 Å². The van der Waals surface area contributed by atoms with Crippen LogP contribution >= 0.6 is 0 Å². The fourth-order valence-corrected chi connectivity index (χ4v) is 2.47. The molecule has 21 heavy (non-hydrogen) atoms. The van der Waals surface area contributed by atoms with E-state index >= 15 is 0 Å². The highest BCUT2D eigenvalue weighted by molar-refractivity contribution is 5.85. The molecular formula is C18H13N3. The summed E-state index contributed by atoms with van der Waals surface area (Å²) in [5.41, 5.74) is 5.21. The van der Waals surface area contributed by atoms with Gasteiger partial charge in [0.2, 0.25) is 0 Å². The highest BCUT2D eigenvalue weighted by Gasteiger charge is 2.04. The standard InChI is InChI=1S/C18H13N3/c1-2-4-13(5-3-1)16-9-8-14-6-7-15(12-18(14)20-16)17-10-11-19-21-17/h1-12H,(H,19,21). The van der Waals surface area contributed by atoms with Crippen molar-refractivity contribution >= 4 is 10.9 Å². The number of nitrogens with one attached hydrogen (secondary N) is 1. The molecule has 0 amide bonds. The van der Waals surface area contributed by atoms with Crippen LogP contribution in [-0.4, -0.2) is 15.2 Å². The molecule has 2 aromatic carbocycles. The largest absolute Gasteiger partial charge is 0.278 e. The smallest absolute Gasteiger partial charge is 0.0716 e. The van der Waals surface area contributed by atoms with Crippen LogP contribution in [0.25, 0.3) is 33.4 Å². The molecule has 0 saturated carbocycles. The highest BCUT2D eigenvalue weighted by Crippen LogP contribution is 2.24. The van der Waals surface area contributed by atoms with Crippen LogP contribution in [0.4, 0.5) is 0 Å². The van der Waals surface area contributed by atoms with Crippen LogP contribution in [0.3, 0.4) is 0 Å². The first-order valence-corrected chi connectivity index (χ1v) is 6.86. The van der Waals surface area contributed by atoms with Gasteiger partial charge in [0.05, 0.1) is 16.9 Å². The zero-order valence-electron chi connectivity index (χ0n) is 11.3. The van der Waals surface area contributed by atoms with Crippen molar-refractivity contribution in [1.29, 1.82) is 0 Å². The maximum atomic E-state index is 4.78. The second kappa shape index (κ2) is 4.87. The third-order valence-electron chi connectivity index (χ3n) is 3.57. The topological polar surface area (TPSA) is 41.6 Å². The van der Waals surface area contributed by atoms with E-state index in [-0.39, 0.29) is 0 Å². The monoisotopic (exact) mass is 271 g/mol.